The van der Waals surface area contributed by atoms with E-state index < -0.39 is 5.60 Å². The second-order valence-corrected chi connectivity index (χ2v) is 7.79. The summed E-state index contributed by atoms with van der Waals surface area (Å²) in [7, 11) is 0. The quantitative estimate of drug-likeness (QED) is 0.786. The second-order valence-electron chi connectivity index (χ2n) is 7.79. The lowest BCUT2D eigenvalue weighted by molar-refractivity contribution is 0.0982. The fourth-order valence-corrected chi connectivity index (χ4v) is 3.61. The van der Waals surface area contributed by atoms with Gasteiger partial charge >= 0.3 is 0 Å². The highest BCUT2D eigenvalue weighted by molar-refractivity contribution is 5.68. The van der Waals surface area contributed by atoms with Gasteiger partial charge in [0.1, 0.15) is 5.60 Å². The summed E-state index contributed by atoms with van der Waals surface area (Å²) in [6.45, 7) is 7.94. The van der Waals surface area contributed by atoms with Crippen LogP contribution in [0.15, 0.2) is 54.6 Å². The van der Waals surface area contributed by atoms with Crippen LogP contribution in [0.5, 0.6) is 0 Å². The van der Waals surface area contributed by atoms with Crippen LogP contribution in [0.25, 0.3) is 11.1 Å². The third-order valence-corrected chi connectivity index (χ3v) is 5.04. The molecule has 0 saturated carbocycles. The molecule has 1 saturated heterocycles. The number of piperazine rings is 1. The van der Waals surface area contributed by atoms with Crippen LogP contribution in [0.2, 0.25) is 0 Å². The monoisotopic (exact) mass is 378 g/mol. The number of rotatable bonds is 5. The predicted molar refractivity (Wildman–Crippen MR) is 114 cm³/mol. The van der Waals surface area contributed by atoms with E-state index >= 15 is 0 Å². The minimum atomic E-state index is -1.03. The van der Waals surface area contributed by atoms with Gasteiger partial charge in [-0.15, -0.1) is 0 Å². The number of nitrogens with zero attached hydrogens (tertiary/aromatic N) is 2. The first-order valence-electron chi connectivity index (χ1n) is 9.94. The molecular formula is C24H30N2O2. The normalized spacial score (nSPS) is 17.0. The lowest BCUT2D eigenvalue weighted by Gasteiger charge is -2.38. The van der Waals surface area contributed by atoms with Gasteiger partial charge in [-0.3, -0.25) is 9.80 Å². The Morgan fingerprint density at radius 2 is 1.61 bits per heavy atom. The van der Waals surface area contributed by atoms with Gasteiger partial charge < -0.3 is 10.2 Å². The molecule has 0 bridgehead atoms. The highest BCUT2D eigenvalue weighted by Crippen LogP contribution is 2.32. The number of benzene rings is 2. The summed E-state index contributed by atoms with van der Waals surface area (Å²) in [5.74, 6) is 6.40. The first-order valence-corrected chi connectivity index (χ1v) is 9.94. The molecule has 0 spiro atoms. The van der Waals surface area contributed by atoms with Crippen LogP contribution >= 0.6 is 0 Å². The van der Waals surface area contributed by atoms with E-state index in [-0.39, 0.29) is 12.6 Å². The molecule has 2 aromatic carbocycles. The second kappa shape index (κ2) is 9.36. The summed E-state index contributed by atoms with van der Waals surface area (Å²) in [6, 6.07) is 18.7. The van der Waals surface area contributed by atoms with Gasteiger partial charge in [0.2, 0.25) is 0 Å². The molecular weight excluding hydrogens is 348 g/mol. The van der Waals surface area contributed by atoms with E-state index in [1.54, 1.807) is 13.8 Å². The molecule has 148 valence electrons. The van der Waals surface area contributed by atoms with Crippen molar-refractivity contribution in [2.75, 3.05) is 39.3 Å². The van der Waals surface area contributed by atoms with E-state index in [1.165, 1.54) is 16.7 Å². The molecule has 4 nitrogen and oxygen atoms in total. The molecule has 1 heterocycles. The zero-order valence-electron chi connectivity index (χ0n) is 16.8. The van der Waals surface area contributed by atoms with Gasteiger partial charge in [0.25, 0.3) is 0 Å². The van der Waals surface area contributed by atoms with Crippen LogP contribution in [0.4, 0.5) is 0 Å². The van der Waals surface area contributed by atoms with Gasteiger partial charge in [-0.25, -0.2) is 0 Å². The van der Waals surface area contributed by atoms with Crippen LogP contribution < -0.4 is 0 Å². The van der Waals surface area contributed by atoms with Crippen molar-refractivity contribution in [2.24, 2.45) is 0 Å². The SMILES string of the molecule is CC(C)(O)C#CC(c1ccccc1-c1ccccc1)N1CCN(CCO)CC1. The Labute approximate surface area is 168 Å². The Bertz CT molecular complexity index is 810. The van der Waals surface area contributed by atoms with Crippen LogP contribution in [-0.2, 0) is 0 Å². The summed E-state index contributed by atoms with van der Waals surface area (Å²) in [6.07, 6.45) is 0. The molecule has 1 fully saturated rings. The molecule has 1 aliphatic rings. The topological polar surface area (TPSA) is 46.9 Å². The summed E-state index contributed by atoms with van der Waals surface area (Å²) in [4.78, 5) is 4.66. The van der Waals surface area contributed by atoms with Crippen LogP contribution in [-0.4, -0.2) is 64.9 Å². The Balaban J connectivity index is 1.96. The third kappa shape index (κ3) is 5.43. The molecule has 0 aliphatic carbocycles. The Morgan fingerprint density at radius 3 is 2.25 bits per heavy atom. The Hall–Kier alpha value is -2.16. The fraction of sp³-hybridized carbons (Fsp3) is 0.417. The molecule has 2 aromatic rings. The summed E-state index contributed by atoms with van der Waals surface area (Å²) >= 11 is 0. The maximum atomic E-state index is 10.2. The van der Waals surface area contributed by atoms with Gasteiger partial charge in [0, 0.05) is 32.7 Å². The number of aliphatic hydroxyl groups excluding tert-OH is 1. The van der Waals surface area contributed by atoms with Crippen molar-refractivity contribution < 1.29 is 10.2 Å². The highest BCUT2D eigenvalue weighted by atomic mass is 16.3. The number of hydrogen-bond acceptors (Lipinski definition) is 4. The van der Waals surface area contributed by atoms with E-state index in [1.807, 2.05) is 6.07 Å². The summed E-state index contributed by atoms with van der Waals surface area (Å²) in [5.41, 5.74) is 2.49. The maximum absolute atomic E-state index is 10.2. The van der Waals surface area contributed by atoms with Gasteiger partial charge in [-0.05, 0) is 30.5 Å². The van der Waals surface area contributed by atoms with Gasteiger partial charge in [-0.2, -0.15) is 0 Å². The van der Waals surface area contributed by atoms with Crippen LogP contribution in [0.1, 0.15) is 25.5 Å². The van der Waals surface area contributed by atoms with Crippen molar-refractivity contribution >= 4 is 0 Å². The third-order valence-electron chi connectivity index (χ3n) is 5.04. The summed E-state index contributed by atoms with van der Waals surface area (Å²) < 4.78 is 0. The Kier molecular flexibility index (Phi) is 6.88. The van der Waals surface area contributed by atoms with E-state index in [0.29, 0.717) is 6.54 Å². The van der Waals surface area contributed by atoms with Crippen molar-refractivity contribution in [3.63, 3.8) is 0 Å². The lowest BCUT2D eigenvalue weighted by atomic mass is 9.93. The van der Waals surface area contributed by atoms with E-state index in [4.69, 9.17) is 0 Å². The molecule has 0 radical (unpaired) electrons. The number of hydrogen-bond donors (Lipinski definition) is 2. The standard InChI is InChI=1S/C24H30N2O2/c1-24(2,28)13-12-23(26-16-14-25(15-17-26)18-19-27)22-11-7-6-10-21(22)20-8-4-3-5-9-20/h3-11,23,27-28H,14-19H2,1-2H3. The molecule has 1 atom stereocenters. The van der Waals surface area contributed by atoms with Crippen molar-refractivity contribution in [1.82, 2.24) is 9.80 Å². The van der Waals surface area contributed by atoms with Gasteiger partial charge in [0.05, 0.1) is 12.6 Å². The molecule has 0 amide bonds. The highest BCUT2D eigenvalue weighted by Gasteiger charge is 2.26. The molecule has 0 aromatic heterocycles. The van der Waals surface area contributed by atoms with E-state index in [0.717, 1.165) is 26.2 Å². The molecule has 1 unspecified atom stereocenters. The zero-order chi connectivity index (χ0) is 20.0. The van der Waals surface area contributed by atoms with Gasteiger partial charge in [-0.1, -0.05) is 66.4 Å². The zero-order valence-corrected chi connectivity index (χ0v) is 16.8. The molecule has 2 N–H and O–H groups in total. The minimum Gasteiger partial charge on any atom is -0.395 e. The van der Waals surface area contributed by atoms with Crippen molar-refractivity contribution in [2.45, 2.75) is 25.5 Å². The number of β-amino-alcohol motifs (C(OH)–C–C–N with tert-alkyl or cyclic N) is 1. The van der Waals surface area contributed by atoms with E-state index in [9.17, 15) is 10.2 Å². The van der Waals surface area contributed by atoms with Gasteiger partial charge in [0.15, 0.2) is 0 Å². The summed E-state index contributed by atoms with van der Waals surface area (Å²) in [5, 5.41) is 19.4. The first kappa shape index (κ1) is 20.6. The number of aliphatic hydroxyl groups is 2. The fourth-order valence-electron chi connectivity index (χ4n) is 3.61. The molecule has 1 aliphatic heterocycles. The first-order chi connectivity index (χ1) is 13.5. The smallest absolute Gasteiger partial charge is 0.120 e. The average molecular weight is 379 g/mol. The lowest BCUT2D eigenvalue weighted by Crippen LogP contribution is -2.48. The minimum absolute atomic E-state index is 0.0842. The molecule has 4 heteroatoms. The van der Waals surface area contributed by atoms with Crippen molar-refractivity contribution in [3.8, 4) is 23.0 Å². The maximum Gasteiger partial charge on any atom is 0.120 e. The van der Waals surface area contributed by atoms with Crippen LogP contribution in [0.3, 0.4) is 0 Å². The largest absolute Gasteiger partial charge is 0.395 e. The van der Waals surface area contributed by atoms with Crippen molar-refractivity contribution in [1.29, 1.82) is 0 Å². The molecule has 3 rings (SSSR count). The average Bonchev–Trinajstić information content (AvgIpc) is 2.70. The predicted octanol–water partition coefficient (Wildman–Crippen LogP) is 2.78. The Morgan fingerprint density at radius 1 is 0.964 bits per heavy atom. The molecule has 28 heavy (non-hydrogen) atoms. The van der Waals surface area contributed by atoms with E-state index in [2.05, 4.69) is 70.2 Å². The van der Waals surface area contributed by atoms with Crippen LogP contribution in [0, 0.1) is 11.8 Å². The van der Waals surface area contributed by atoms with Crippen molar-refractivity contribution in [3.05, 3.63) is 60.2 Å².